The molecule has 0 bridgehead atoms. The summed E-state index contributed by atoms with van der Waals surface area (Å²) in [5.74, 6) is 0.0465. The number of carbonyl (C=O) groups is 1. The fourth-order valence-electron chi connectivity index (χ4n) is 2.80. The third-order valence-corrected chi connectivity index (χ3v) is 5.24. The monoisotopic (exact) mass is 305 g/mol. The number of hydrogen-bond acceptors (Lipinski definition) is 3. The number of rotatable bonds is 2. The maximum Gasteiger partial charge on any atom is 0.159 e. The average molecular weight is 306 g/mol. The molecular weight excluding hydrogens is 290 g/mol. The summed E-state index contributed by atoms with van der Waals surface area (Å²) in [5.41, 5.74) is 3.08. The molecule has 20 heavy (non-hydrogen) atoms. The molecule has 2 heterocycles. The van der Waals surface area contributed by atoms with Gasteiger partial charge >= 0.3 is 0 Å². The Hall–Kier alpha value is -1.32. The van der Waals surface area contributed by atoms with E-state index < -0.39 is 0 Å². The van der Waals surface area contributed by atoms with Crippen molar-refractivity contribution in [3.63, 3.8) is 0 Å². The molecule has 1 atom stereocenters. The zero-order valence-electron chi connectivity index (χ0n) is 11.5. The second-order valence-corrected chi connectivity index (χ2v) is 6.55. The van der Waals surface area contributed by atoms with Gasteiger partial charge in [-0.05, 0) is 55.5 Å². The Morgan fingerprint density at radius 3 is 2.90 bits per heavy atom. The number of nitrogens with zero attached hydrogens (tertiary/aromatic N) is 1. The standard InChI is InChI=1S/C16H16ClNOS/c1-10-13-6-8-20-16(13)5-7-18(10)15-4-3-12(11(2)19)9-14(15)17/h3-4,6,8-10H,5,7H2,1-2H3. The van der Waals surface area contributed by atoms with Crippen LogP contribution in [0.15, 0.2) is 29.6 Å². The third kappa shape index (κ3) is 2.25. The van der Waals surface area contributed by atoms with Crippen LogP contribution in [0.2, 0.25) is 5.02 Å². The van der Waals surface area contributed by atoms with Crippen molar-refractivity contribution >= 4 is 34.4 Å². The van der Waals surface area contributed by atoms with E-state index in [1.807, 2.05) is 23.5 Å². The fraction of sp³-hybridized carbons (Fsp3) is 0.312. The summed E-state index contributed by atoms with van der Waals surface area (Å²) in [5, 5.41) is 2.81. The van der Waals surface area contributed by atoms with Gasteiger partial charge in [0.15, 0.2) is 5.78 Å². The zero-order chi connectivity index (χ0) is 14.3. The van der Waals surface area contributed by atoms with Gasteiger partial charge in [-0.25, -0.2) is 0 Å². The molecule has 2 nitrogen and oxygen atoms in total. The van der Waals surface area contributed by atoms with E-state index in [1.54, 1.807) is 13.0 Å². The van der Waals surface area contributed by atoms with Crippen LogP contribution < -0.4 is 4.90 Å². The lowest BCUT2D eigenvalue weighted by atomic mass is 10.00. The molecule has 1 aromatic heterocycles. The first kappa shape index (κ1) is 13.7. The van der Waals surface area contributed by atoms with E-state index in [0.717, 1.165) is 18.7 Å². The molecule has 1 aliphatic heterocycles. The van der Waals surface area contributed by atoms with E-state index in [-0.39, 0.29) is 5.78 Å². The molecule has 0 amide bonds. The first-order valence-electron chi connectivity index (χ1n) is 6.71. The lowest BCUT2D eigenvalue weighted by Gasteiger charge is -2.36. The summed E-state index contributed by atoms with van der Waals surface area (Å²) in [4.78, 5) is 15.2. The molecule has 0 fully saturated rings. The second kappa shape index (κ2) is 5.23. The largest absolute Gasteiger partial charge is 0.363 e. The highest BCUT2D eigenvalue weighted by atomic mass is 35.5. The van der Waals surface area contributed by atoms with Crippen LogP contribution in [0.1, 0.15) is 40.7 Å². The Kier molecular flexibility index (Phi) is 3.57. The number of ketones is 1. The number of halogens is 1. The molecule has 104 valence electrons. The summed E-state index contributed by atoms with van der Waals surface area (Å²) in [6.45, 7) is 4.74. The first-order chi connectivity index (χ1) is 9.58. The van der Waals surface area contributed by atoms with E-state index in [4.69, 9.17) is 11.6 Å². The van der Waals surface area contributed by atoms with Gasteiger partial charge in [-0.15, -0.1) is 11.3 Å². The number of carbonyl (C=O) groups excluding carboxylic acids is 1. The van der Waals surface area contributed by atoms with Crippen molar-refractivity contribution in [3.05, 3.63) is 50.7 Å². The number of hydrogen-bond donors (Lipinski definition) is 0. The molecule has 1 unspecified atom stereocenters. The molecule has 1 aromatic carbocycles. The maximum atomic E-state index is 11.4. The lowest BCUT2D eigenvalue weighted by Crippen LogP contribution is -2.33. The van der Waals surface area contributed by atoms with Gasteiger partial charge in [0.1, 0.15) is 0 Å². The van der Waals surface area contributed by atoms with Crippen molar-refractivity contribution in [3.8, 4) is 0 Å². The number of fused-ring (bicyclic) bond motifs is 1. The predicted octanol–water partition coefficient (Wildman–Crippen LogP) is 4.73. The lowest BCUT2D eigenvalue weighted by molar-refractivity contribution is 0.101. The van der Waals surface area contributed by atoms with Crippen LogP contribution in [-0.2, 0) is 6.42 Å². The number of Topliss-reactive ketones (excluding diaryl/α,β-unsaturated/α-hetero) is 1. The normalized spacial score (nSPS) is 17.9. The Morgan fingerprint density at radius 2 is 2.20 bits per heavy atom. The van der Waals surface area contributed by atoms with Gasteiger partial charge in [0.05, 0.1) is 16.8 Å². The molecular formula is C16H16ClNOS. The van der Waals surface area contributed by atoms with Crippen molar-refractivity contribution in [1.82, 2.24) is 0 Å². The molecule has 4 heteroatoms. The molecule has 0 aliphatic carbocycles. The summed E-state index contributed by atoms with van der Waals surface area (Å²) in [6, 6.07) is 8.13. The van der Waals surface area contributed by atoms with E-state index >= 15 is 0 Å². The molecule has 0 spiro atoms. The van der Waals surface area contributed by atoms with Gasteiger partial charge in [0, 0.05) is 17.0 Å². The van der Waals surface area contributed by atoms with Crippen molar-refractivity contribution in [2.45, 2.75) is 26.3 Å². The van der Waals surface area contributed by atoms with Crippen LogP contribution in [0.25, 0.3) is 0 Å². The van der Waals surface area contributed by atoms with Crippen LogP contribution in [0, 0.1) is 0 Å². The van der Waals surface area contributed by atoms with Crippen LogP contribution in [0.5, 0.6) is 0 Å². The maximum absolute atomic E-state index is 11.4. The van der Waals surface area contributed by atoms with Gasteiger partial charge < -0.3 is 4.90 Å². The topological polar surface area (TPSA) is 20.3 Å². The Labute approximate surface area is 128 Å². The minimum absolute atomic E-state index is 0.0465. The Balaban J connectivity index is 1.96. The highest BCUT2D eigenvalue weighted by molar-refractivity contribution is 7.10. The third-order valence-electron chi connectivity index (χ3n) is 3.94. The van der Waals surface area contributed by atoms with Crippen molar-refractivity contribution in [2.75, 3.05) is 11.4 Å². The van der Waals surface area contributed by atoms with E-state index in [0.29, 0.717) is 16.6 Å². The van der Waals surface area contributed by atoms with Crippen LogP contribution in [-0.4, -0.2) is 12.3 Å². The fourth-order valence-corrected chi connectivity index (χ4v) is 4.05. The van der Waals surface area contributed by atoms with Gasteiger partial charge in [0.25, 0.3) is 0 Å². The van der Waals surface area contributed by atoms with Gasteiger partial charge in [-0.3, -0.25) is 4.79 Å². The zero-order valence-corrected chi connectivity index (χ0v) is 13.1. The summed E-state index contributed by atoms with van der Waals surface area (Å²) in [7, 11) is 0. The van der Waals surface area contributed by atoms with Gasteiger partial charge in [-0.2, -0.15) is 0 Å². The molecule has 1 aliphatic rings. The molecule has 3 rings (SSSR count). The quantitative estimate of drug-likeness (QED) is 0.748. The Bertz CT molecular complexity index is 664. The van der Waals surface area contributed by atoms with E-state index in [2.05, 4.69) is 23.3 Å². The number of anilines is 1. The van der Waals surface area contributed by atoms with Crippen LogP contribution in [0.3, 0.4) is 0 Å². The van der Waals surface area contributed by atoms with Crippen molar-refractivity contribution in [1.29, 1.82) is 0 Å². The number of thiophene rings is 1. The minimum Gasteiger partial charge on any atom is -0.363 e. The van der Waals surface area contributed by atoms with Crippen LogP contribution in [0.4, 0.5) is 5.69 Å². The molecule has 0 N–H and O–H groups in total. The summed E-state index contributed by atoms with van der Waals surface area (Å²) < 4.78 is 0. The van der Waals surface area contributed by atoms with Crippen molar-refractivity contribution in [2.24, 2.45) is 0 Å². The number of benzene rings is 1. The second-order valence-electron chi connectivity index (χ2n) is 5.14. The Morgan fingerprint density at radius 1 is 1.40 bits per heavy atom. The highest BCUT2D eigenvalue weighted by Crippen LogP contribution is 2.38. The highest BCUT2D eigenvalue weighted by Gasteiger charge is 2.26. The average Bonchev–Trinajstić information content (AvgIpc) is 2.89. The molecule has 0 saturated carbocycles. The smallest absolute Gasteiger partial charge is 0.159 e. The van der Waals surface area contributed by atoms with Gasteiger partial charge in [0.2, 0.25) is 0 Å². The van der Waals surface area contributed by atoms with Crippen molar-refractivity contribution < 1.29 is 4.79 Å². The SMILES string of the molecule is CC(=O)c1ccc(N2CCc3sccc3C2C)c(Cl)c1. The summed E-state index contributed by atoms with van der Waals surface area (Å²) >= 11 is 8.21. The minimum atomic E-state index is 0.0465. The first-order valence-corrected chi connectivity index (χ1v) is 7.97. The van der Waals surface area contributed by atoms with E-state index in [9.17, 15) is 4.79 Å². The van der Waals surface area contributed by atoms with E-state index in [1.165, 1.54) is 10.4 Å². The summed E-state index contributed by atoms with van der Waals surface area (Å²) in [6.07, 6.45) is 1.06. The van der Waals surface area contributed by atoms with Gasteiger partial charge in [-0.1, -0.05) is 11.6 Å². The molecule has 0 saturated heterocycles. The predicted molar refractivity (Wildman–Crippen MR) is 85.2 cm³/mol. The molecule has 0 radical (unpaired) electrons. The molecule has 2 aromatic rings. The van der Waals surface area contributed by atoms with Crippen LogP contribution >= 0.6 is 22.9 Å².